The summed E-state index contributed by atoms with van der Waals surface area (Å²) in [7, 11) is 0. The van der Waals surface area contributed by atoms with Gasteiger partial charge in [-0.3, -0.25) is 9.78 Å². The number of carbonyl (C=O) groups is 1. The van der Waals surface area contributed by atoms with Gasteiger partial charge in [0.25, 0.3) is 5.91 Å². The molecule has 9 nitrogen and oxygen atoms in total. The Morgan fingerprint density at radius 3 is 2.88 bits per heavy atom. The molecule has 3 aromatic heterocycles. The Morgan fingerprint density at radius 2 is 2.08 bits per heavy atom. The van der Waals surface area contributed by atoms with Crippen LogP contribution in [0.25, 0.3) is 23.1 Å². The number of anilines is 2. The van der Waals surface area contributed by atoms with Crippen LogP contribution in [0.4, 0.5) is 11.5 Å². The average molecular weight is 537 g/mol. The maximum Gasteiger partial charge on any atom is 0.255 e. The van der Waals surface area contributed by atoms with E-state index in [0.29, 0.717) is 18.0 Å². The fourth-order valence-electron chi connectivity index (χ4n) is 4.78. The highest BCUT2D eigenvalue weighted by Gasteiger charge is 2.21. The number of pyridine rings is 2. The van der Waals surface area contributed by atoms with E-state index >= 15 is 0 Å². The molecule has 40 heavy (non-hydrogen) atoms. The summed E-state index contributed by atoms with van der Waals surface area (Å²) in [5.41, 5.74) is 5.93. The number of fused-ring (bicyclic) bond motifs is 1. The highest BCUT2D eigenvalue weighted by molar-refractivity contribution is 6.00. The molecule has 1 unspecified atom stereocenters. The van der Waals surface area contributed by atoms with Crippen LogP contribution in [0.5, 0.6) is 0 Å². The van der Waals surface area contributed by atoms with E-state index in [9.17, 15) is 4.79 Å². The molecule has 1 aliphatic heterocycles. The van der Waals surface area contributed by atoms with Gasteiger partial charge in [-0.05, 0) is 93.3 Å². The number of aliphatic hydroxyl groups excluding tert-OH is 1. The molecule has 1 saturated heterocycles. The van der Waals surface area contributed by atoms with E-state index in [1.807, 2.05) is 42.0 Å². The van der Waals surface area contributed by atoms with Crippen molar-refractivity contribution in [2.24, 2.45) is 0 Å². The van der Waals surface area contributed by atoms with Crippen LogP contribution in [0.2, 0.25) is 0 Å². The number of aromatic nitrogens is 4. The lowest BCUT2D eigenvalue weighted by molar-refractivity contribution is -0.0367. The Morgan fingerprint density at radius 1 is 1.18 bits per heavy atom. The van der Waals surface area contributed by atoms with E-state index in [-0.39, 0.29) is 25.3 Å². The molecule has 4 aromatic rings. The van der Waals surface area contributed by atoms with Gasteiger partial charge < -0.3 is 20.5 Å². The van der Waals surface area contributed by atoms with Crippen molar-refractivity contribution in [3.8, 4) is 11.8 Å². The second-order valence-corrected chi connectivity index (χ2v) is 9.65. The van der Waals surface area contributed by atoms with E-state index in [1.54, 1.807) is 18.3 Å². The Balaban J connectivity index is 1.47. The molecular formula is C31H32N6O3. The molecule has 0 aliphatic carbocycles. The number of hydrogen-bond donors (Lipinski definition) is 3. The van der Waals surface area contributed by atoms with E-state index in [4.69, 9.17) is 14.9 Å². The smallest absolute Gasteiger partial charge is 0.255 e. The zero-order chi connectivity index (χ0) is 27.9. The van der Waals surface area contributed by atoms with E-state index in [0.717, 1.165) is 58.5 Å². The number of benzene rings is 1. The maximum atomic E-state index is 12.8. The van der Waals surface area contributed by atoms with Crippen molar-refractivity contribution < 1.29 is 14.6 Å². The van der Waals surface area contributed by atoms with Crippen molar-refractivity contribution in [2.45, 2.75) is 39.3 Å². The molecule has 5 rings (SSSR count). The number of aliphatic hydroxyl groups is 1. The third kappa shape index (κ3) is 6.37. The fourth-order valence-corrected chi connectivity index (χ4v) is 4.78. The number of rotatable bonds is 7. The quantitative estimate of drug-likeness (QED) is 0.291. The third-order valence-corrected chi connectivity index (χ3v) is 6.55. The summed E-state index contributed by atoms with van der Waals surface area (Å²) in [4.78, 5) is 21.8. The summed E-state index contributed by atoms with van der Waals surface area (Å²) in [6, 6.07) is 13.5. The molecule has 0 saturated carbocycles. The van der Waals surface area contributed by atoms with Crippen LogP contribution in [0.1, 0.15) is 58.5 Å². The number of hydrogen-bond acceptors (Lipinski definition) is 7. The zero-order valence-corrected chi connectivity index (χ0v) is 22.6. The summed E-state index contributed by atoms with van der Waals surface area (Å²) < 4.78 is 8.05. The van der Waals surface area contributed by atoms with Gasteiger partial charge in [0, 0.05) is 29.6 Å². The third-order valence-electron chi connectivity index (χ3n) is 6.55. The molecule has 1 aromatic carbocycles. The molecule has 9 heteroatoms. The van der Waals surface area contributed by atoms with Gasteiger partial charge >= 0.3 is 0 Å². The molecule has 0 radical (unpaired) electrons. The maximum absolute atomic E-state index is 12.8. The molecule has 1 fully saturated rings. The molecule has 1 amide bonds. The van der Waals surface area contributed by atoms with E-state index in [2.05, 4.69) is 51.5 Å². The highest BCUT2D eigenvalue weighted by Crippen LogP contribution is 2.31. The first-order valence-electron chi connectivity index (χ1n) is 13.4. The molecular weight excluding hydrogens is 504 g/mol. The minimum atomic E-state index is -0.308. The van der Waals surface area contributed by atoms with Crippen LogP contribution in [-0.2, 0) is 4.74 Å². The first kappa shape index (κ1) is 27.1. The normalized spacial score (nSPS) is 15.1. The fraction of sp³-hybridized carbons (Fsp3) is 0.290. The summed E-state index contributed by atoms with van der Waals surface area (Å²) >= 11 is 0. The van der Waals surface area contributed by atoms with Gasteiger partial charge in [-0.1, -0.05) is 11.8 Å². The van der Waals surface area contributed by atoms with Gasteiger partial charge in [0.15, 0.2) is 6.23 Å². The monoisotopic (exact) mass is 536 g/mol. The predicted octanol–water partition coefficient (Wildman–Crippen LogP) is 4.78. The molecule has 0 bridgehead atoms. The van der Waals surface area contributed by atoms with Crippen molar-refractivity contribution >= 4 is 40.5 Å². The summed E-state index contributed by atoms with van der Waals surface area (Å²) in [6.07, 6.45) is 8.48. The van der Waals surface area contributed by atoms with Crippen molar-refractivity contribution in [2.75, 3.05) is 25.1 Å². The number of ether oxygens (including phenoxy) is 1. The SMILES string of the molecule is Cc1cc(C)nc(C=Cc2nn(C3CCCCO3)c3cc(Nc4ncccc4C(=O)NCC#CCO)ccc23)c1. The average Bonchev–Trinajstić information content (AvgIpc) is 3.32. The zero-order valence-electron chi connectivity index (χ0n) is 22.6. The summed E-state index contributed by atoms with van der Waals surface area (Å²) in [5, 5.41) is 20.8. The Kier molecular flexibility index (Phi) is 8.50. The summed E-state index contributed by atoms with van der Waals surface area (Å²) in [6.45, 7) is 4.64. The minimum absolute atomic E-state index is 0.133. The second kappa shape index (κ2) is 12.6. The van der Waals surface area contributed by atoms with Gasteiger partial charge in [-0.25, -0.2) is 9.67 Å². The first-order valence-corrected chi connectivity index (χ1v) is 13.4. The first-order chi connectivity index (χ1) is 19.5. The number of amides is 1. The van der Waals surface area contributed by atoms with Gasteiger partial charge in [-0.2, -0.15) is 5.10 Å². The predicted molar refractivity (Wildman–Crippen MR) is 156 cm³/mol. The van der Waals surface area contributed by atoms with Gasteiger partial charge in [0.05, 0.1) is 29.0 Å². The second-order valence-electron chi connectivity index (χ2n) is 9.65. The number of nitrogens with zero attached hydrogens (tertiary/aromatic N) is 4. The molecule has 0 spiro atoms. The van der Waals surface area contributed by atoms with Gasteiger partial charge in [0.1, 0.15) is 12.4 Å². The van der Waals surface area contributed by atoms with Crippen molar-refractivity contribution in [1.29, 1.82) is 0 Å². The largest absolute Gasteiger partial charge is 0.384 e. The number of nitrogens with one attached hydrogen (secondary N) is 2. The molecule has 1 atom stereocenters. The molecule has 204 valence electrons. The molecule has 4 heterocycles. The van der Waals surface area contributed by atoms with Crippen LogP contribution >= 0.6 is 0 Å². The van der Waals surface area contributed by atoms with Crippen molar-refractivity contribution in [3.63, 3.8) is 0 Å². The summed E-state index contributed by atoms with van der Waals surface area (Å²) in [5.74, 6) is 5.32. The lowest BCUT2D eigenvalue weighted by atomic mass is 10.1. The van der Waals surface area contributed by atoms with Crippen LogP contribution in [0.15, 0.2) is 48.7 Å². The molecule has 3 N–H and O–H groups in total. The topological polar surface area (TPSA) is 114 Å². The van der Waals surface area contributed by atoms with E-state index in [1.165, 1.54) is 0 Å². The van der Waals surface area contributed by atoms with Crippen LogP contribution in [0, 0.1) is 25.7 Å². The van der Waals surface area contributed by atoms with Crippen LogP contribution < -0.4 is 10.6 Å². The highest BCUT2D eigenvalue weighted by atomic mass is 16.5. The lowest BCUT2D eigenvalue weighted by Crippen LogP contribution is -2.24. The lowest BCUT2D eigenvalue weighted by Gasteiger charge is -2.23. The van der Waals surface area contributed by atoms with Crippen LogP contribution in [-0.4, -0.2) is 50.5 Å². The Hall–Kier alpha value is -4.52. The minimum Gasteiger partial charge on any atom is -0.384 e. The van der Waals surface area contributed by atoms with Crippen LogP contribution in [0.3, 0.4) is 0 Å². The van der Waals surface area contributed by atoms with Gasteiger partial charge in [-0.15, -0.1) is 0 Å². The Labute approximate surface area is 233 Å². The standard InChI is InChI=1S/C31H32N6O3/c1-21-18-22(2)34-23(19-21)11-13-27-25-12-10-24(20-28(25)37(36-27)29-9-3-6-17-40-29)35-30-26(8-7-15-32-30)31(39)33-14-4-5-16-38/h7-8,10-13,15,18-20,29,38H,3,6,9,14,16-17H2,1-2H3,(H,32,35)(H,33,39). The molecule has 1 aliphatic rings. The van der Waals surface area contributed by atoms with Crippen molar-refractivity contribution in [3.05, 3.63) is 76.9 Å². The number of aryl methyl sites for hydroxylation is 2. The van der Waals surface area contributed by atoms with Gasteiger partial charge in [0.2, 0.25) is 0 Å². The number of carbonyl (C=O) groups excluding carboxylic acids is 1. The Bertz CT molecular complexity index is 1590. The van der Waals surface area contributed by atoms with Crippen molar-refractivity contribution in [1.82, 2.24) is 25.1 Å². The van der Waals surface area contributed by atoms with E-state index < -0.39 is 0 Å².